The lowest BCUT2D eigenvalue weighted by molar-refractivity contribution is -0.118. The van der Waals surface area contributed by atoms with Gasteiger partial charge in [-0.25, -0.2) is 0 Å². The van der Waals surface area contributed by atoms with Crippen molar-refractivity contribution in [1.29, 1.82) is 0 Å². The summed E-state index contributed by atoms with van der Waals surface area (Å²) in [5.74, 6) is 0.583. The molecule has 0 aromatic heterocycles. The second kappa shape index (κ2) is 10.1. The molecule has 0 atom stereocenters. The standard InChI is InChI=1S/C24H30N2O3/c1-17(2)19-12-7-9-15-22(19)29-16-23(27)26-21-14-8-6-13-20(21)24(28)25-18-10-4-3-5-11-18/h6-9,12-15,17-18H,3-5,10-11,16H2,1-2H3,(H,25,28)(H,26,27). The predicted octanol–water partition coefficient (Wildman–Crippen LogP) is 4.89. The maximum atomic E-state index is 12.7. The fourth-order valence-corrected chi connectivity index (χ4v) is 3.72. The van der Waals surface area contributed by atoms with E-state index in [0.29, 0.717) is 22.9 Å². The summed E-state index contributed by atoms with van der Waals surface area (Å²) in [4.78, 5) is 25.2. The molecule has 0 spiro atoms. The smallest absolute Gasteiger partial charge is 0.262 e. The third kappa shape index (κ3) is 5.83. The Labute approximate surface area is 172 Å². The molecule has 154 valence electrons. The van der Waals surface area contributed by atoms with Crippen molar-refractivity contribution < 1.29 is 14.3 Å². The SMILES string of the molecule is CC(C)c1ccccc1OCC(=O)Nc1ccccc1C(=O)NC1CCCCC1. The molecule has 0 heterocycles. The molecular weight excluding hydrogens is 364 g/mol. The van der Waals surface area contributed by atoms with Crippen molar-refractivity contribution in [3.63, 3.8) is 0 Å². The molecule has 0 unspecified atom stereocenters. The lowest BCUT2D eigenvalue weighted by Gasteiger charge is -2.23. The van der Waals surface area contributed by atoms with Crippen LogP contribution in [0.2, 0.25) is 0 Å². The molecule has 0 radical (unpaired) electrons. The van der Waals surface area contributed by atoms with Crippen LogP contribution in [-0.2, 0) is 4.79 Å². The lowest BCUT2D eigenvalue weighted by Crippen LogP contribution is -2.36. The Morgan fingerprint density at radius 3 is 2.45 bits per heavy atom. The van der Waals surface area contributed by atoms with Gasteiger partial charge >= 0.3 is 0 Å². The molecule has 1 fully saturated rings. The molecule has 5 nitrogen and oxygen atoms in total. The Kier molecular flexibility index (Phi) is 7.28. The molecule has 29 heavy (non-hydrogen) atoms. The number of nitrogens with one attached hydrogen (secondary N) is 2. The van der Waals surface area contributed by atoms with Crippen LogP contribution in [0.4, 0.5) is 5.69 Å². The second-order valence-corrected chi connectivity index (χ2v) is 7.88. The first-order chi connectivity index (χ1) is 14.0. The largest absolute Gasteiger partial charge is 0.483 e. The van der Waals surface area contributed by atoms with Gasteiger partial charge in [-0.05, 0) is 42.5 Å². The number of hydrogen-bond donors (Lipinski definition) is 2. The van der Waals surface area contributed by atoms with Crippen molar-refractivity contribution in [2.24, 2.45) is 0 Å². The van der Waals surface area contributed by atoms with Crippen LogP contribution in [0.1, 0.15) is 67.8 Å². The van der Waals surface area contributed by atoms with Gasteiger partial charge in [0.25, 0.3) is 11.8 Å². The zero-order chi connectivity index (χ0) is 20.6. The van der Waals surface area contributed by atoms with Gasteiger partial charge in [-0.1, -0.05) is 63.4 Å². The molecule has 2 N–H and O–H groups in total. The Hall–Kier alpha value is -2.82. The van der Waals surface area contributed by atoms with Crippen LogP contribution >= 0.6 is 0 Å². The average molecular weight is 395 g/mol. The molecule has 1 saturated carbocycles. The normalized spacial score (nSPS) is 14.4. The Balaban J connectivity index is 1.61. The molecule has 0 bridgehead atoms. The van der Waals surface area contributed by atoms with Crippen molar-refractivity contribution >= 4 is 17.5 Å². The van der Waals surface area contributed by atoms with Gasteiger partial charge in [0, 0.05) is 6.04 Å². The number of amides is 2. The van der Waals surface area contributed by atoms with E-state index in [1.165, 1.54) is 6.42 Å². The van der Waals surface area contributed by atoms with Gasteiger partial charge < -0.3 is 15.4 Å². The number of carbonyl (C=O) groups excluding carboxylic acids is 2. The van der Waals surface area contributed by atoms with Gasteiger partial charge in [0.05, 0.1) is 11.3 Å². The molecule has 1 aliphatic carbocycles. The monoisotopic (exact) mass is 394 g/mol. The zero-order valence-corrected chi connectivity index (χ0v) is 17.2. The first-order valence-corrected chi connectivity index (χ1v) is 10.5. The van der Waals surface area contributed by atoms with E-state index in [4.69, 9.17) is 4.74 Å². The maximum Gasteiger partial charge on any atom is 0.262 e. The van der Waals surface area contributed by atoms with Crippen molar-refractivity contribution in [2.45, 2.75) is 57.9 Å². The summed E-state index contributed by atoms with van der Waals surface area (Å²) in [5, 5.41) is 5.93. The predicted molar refractivity (Wildman–Crippen MR) is 115 cm³/mol. The van der Waals surface area contributed by atoms with Crippen molar-refractivity contribution in [3.05, 3.63) is 59.7 Å². The number of rotatable bonds is 7. The highest BCUT2D eigenvalue weighted by atomic mass is 16.5. The summed E-state index contributed by atoms with van der Waals surface area (Å²) in [6, 6.07) is 15.0. The van der Waals surface area contributed by atoms with Crippen molar-refractivity contribution in [3.8, 4) is 5.75 Å². The van der Waals surface area contributed by atoms with Crippen LogP contribution in [-0.4, -0.2) is 24.5 Å². The number of hydrogen-bond acceptors (Lipinski definition) is 3. The van der Waals surface area contributed by atoms with Crippen LogP contribution in [0.25, 0.3) is 0 Å². The Morgan fingerprint density at radius 2 is 1.69 bits per heavy atom. The third-order valence-electron chi connectivity index (χ3n) is 5.29. The van der Waals surface area contributed by atoms with Crippen LogP contribution in [0.3, 0.4) is 0 Å². The fraction of sp³-hybridized carbons (Fsp3) is 0.417. The summed E-state index contributed by atoms with van der Waals surface area (Å²) in [5.41, 5.74) is 2.05. The third-order valence-corrected chi connectivity index (χ3v) is 5.29. The van der Waals surface area contributed by atoms with E-state index >= 15 is 0 Å². The molecule has 2 aromatic rings. The van der Waals surface area contributed by atoms with Crippen LogP contribution < -0.4 is 15.4 Å². The number of carbonyl (C=O) groups is 2. The minimum atomic E-state index is -0.290. The van der Waals surface area contributed by atoms with E-state index in [1.54, 1.807) is 18.2 Å². The van der Waals surface area contributed by atoms with E-state index in [9.17, 15) is 9.59 Å². The van der Waals surface area contributed by atoms with E-state index in [1.807, 2.05) is 30.3 Å². The summed E-state index contributed by atoms with van der Waals surface area (Å²) in [6.45, 7) is 4.06. The van der Waals surface area contributed by atoms with Crippen LogP contribution in [0.15, 0.2) is 48.5 Å². The maximum absolute atomic E-state index is 12.7. The molecule has 0 saturated heterocycles. The lowest BCUT2D eigenvalue weighted by atomic mass is 9.95. The number of anilines is 1. The summed E-state index contributed by atoms with van der Waals surface area (Å²) in [7, 11) is 0. The molecular formula is C24H30N2O3. The highest BCUT2D eigenvalue weighted by molar-refractivity contribution is 6.04. The average Bonchev–Trinajstić information content (AvgIpc) is 2.73. The summed E-state index contributed by atoms with van der Waals surface area (Å²) in [6.07, 6.45) is 5.57. The van der Waals surface area contributed by atoms with Gasteiger partial charge in [0.1, 0.15) is 5.75 Å². The molecule has 1 aliphatic rings. The van der Waals surface area contributed by atoms with E-state index in [2.05, 4.69) is 24.5 Å². The highest BCUT2D eigenvalue weighted by Gasteiger charge is 2.19. The van der Waals surface area contributed by atoms with Crippen molar-refractivity contribution in [1.82, 2.24) is 5.32 Å². The molecule has 2 amide bonds. The van der Waals surface area contributed by atoms with Crippen LogP contribution in [0, 0.1) is 0 Å². The van der Waals surface area contributed by atoms with E-state index in [-0.39, 0.29) is 24.5 Å². The summed E-state index contributed by atoms with van der Waals surface area (Å²) >= 11 is 0. The van der Waals surface area contributed by atoms with E-state index in [0.717, 1.165) is 31.2 Å². The number of ether oxygens (including phenoxy) is 1. The minimum Gasteiger partial charge on any atom is -0.483 e. The molecule has 0 aliphatic heterocycles. The van der Waals surface area contributed by atoms with E-state index < -0.39 is 0 Å². The Bertz CT molecular complexity index is 842. The first kappa shape index (κ1) is 20.9. The Morgan fingerprint density at radius 1 is 1.00 bits per heavy atom. The summed E-state index contributed by atoms with van der Waals surface area (Å²) < 4.78 is 5.74. The number of benzene rings is 2. The quantitative estimate of drug-likeness (QED) is 0.703. The van der Waals surface area contributed by atoms with Gasteiger partial charge in [-0.15, -0.1) is 0 Å². The van der Waals surface area contributed by atoms with Gasteiger partial charge in [-0.2, -0.15) is 0 Å². The molecule has 5 heteroatoms. The van der Waals surface area contributed by atoms with Crippen molar-refractivity contribution in [2.75, 3.05) is 11.9 Å². The molecule has 2 aromatic carbocycles. The van der Waals surface area contributed by atoms with Gasteiger partial charge in [0.2, 0.25) is 0 Å². The minimum absolute atomic E-state index is 0.109. The van der Waals surface area contributed by atoms with Gasteiger partial charge in [-0.3, -0.25) is 9.59 Å². The molecule has 3 rings (SSSR count). The van der Waals surface area contributed by atoms with Gasteiger partial charge in [0.15, 0.2) is 6.61 Å². The fourth-order valence-electron chi connectivity index (χ4n) is 3.72. The second-order valence-electron chi connectivity index (χ2n) is 7.88. The first-order valence-electron chi connectivity index (χ1n) is 10.5. The van der Waals surface area contributed by atoms with Crippen LogP contribution in [0.5, 0.6) is 5.75 Å². The number of para-hydroxylation sites is 2. The topological polar surface area (TPSA) is 67.4 Å². The zero-order valence-electron chi connectivity index (χ0n) is 17.2. The highest BCUT2D eigenvalue weighted by Crippen LogP contribution is 2.26.